The molecule has 21 heavy (non-hydrogen) atoms. The molecule has 4 aliphatic carbocycles. The molecule has 4 rings (SSSR count). The quantitative estimate of drug-likeness (QED) is 0.670. The Labute approximate surface area is 130 Å². The van der Waals surface area contributed by atoms with E-state index in [1.807, 2.05) is 0 Å². The Balaban J connectivity index is 1.98. The summed E-state index contributed by atoms with van der Waals surface area (Å²) in [5.41, 5.74) is 10.8. The Morgan fingerprint density at radius 1 is 0.952 bits per heavy atom. The first-order chi connectivity index (χ1) is 9.52. The van der Waals surface area contributed by atoms with Gasteiger partial charge in [-0.1, -0.05) is 53.2 Å². The molecule has 0 aliphatic heterocycles. The summed E-state index contributed by atoms with van der Waals surface area (Å²) >= 11 is 0. The van der Waals surface area contributed by atoms with Gasteiger partial charge < -0.3 is 5.73 Å². The summed E-state index contributed by atoms with van der Waals surface area (Å²) in [5, 5.41) is 0. The van der Waals surface area contributed by atoms with Crippen LogP contribution in [0.4, 0.5) is 0 Å². The summed E-state index contributed by atoms with van der Waals surface area (Å²) in [5.74, 6) is 0. The van der Waals surface area contributed by atoms with Gasteiger partial charge in [0.25, 0.3) is 0 Å². The van der Waals surface area contributed by atoms with Gasteiger partial charge in [0, 0.05) is 5.54 Å². The van der Waals surface area contributed by atoms with E-state index in [4.69, 9.17) is 5.73 Å². The molecule has 0 aromatic rings. The van der Waals surface area contributed by atoms with Crippen molar-refractivity contribution in [2.75, 3.05) is 0 Å². The molecule has 118 valence electrons. The lowest BCUT2D eigenvalue weighted by Gasteiger charge is -2.53. The number of rotatable bonds is 1. The van der Waals surface area contributed by atoms with E-state index in [0.29, 0.717) is 21.7 Å². The second-order valence-corrected chi connectivity index (χ2v) is 10.1. The van der Waals surface area contributed by atoms with Crippen LogP contribution in [0.15, 0.2) is 11.6 Å². The van der Waals surface area contributed by atoms with Crippen molar-refractivity contribution in [3.05, 3.63) is 11.6 Å². The average molecular weight is 287 g/mol. The van der Waals surface area contributed by atoms with Crippen LogP contribution in [0.25, 0.3) is 0 Å². The number of allylic oxidation sites excluding steroid dienone is 2. The fraction of sp³-hybridized carbons (Fsp3) is 0.900. The molecule has 0 spiro atoms. The molecule has 0 saturated heterocycles. The molecule has 3 fully saturated rings. The highest BCUT2D eigenvalue weighted by Gasteiger charge is 2.78. The molecule has 0 heterocycles. The molecule has 0 aromatic heterocycles. The smallest absolute Gasteiger partial charge is 0.0219 e. The lowest BCUT2D eigenvalue weighted by molar-refractivity contribution is -0.0278. The molecule has 1 heteroatoms. The Morgan fingerprint density at radius 2 is 1.62 bits per heavy atom. The van der Waals surface area contributed by atoms with Crippen LogP contribution >= 0.6 is 0 Å². The largest absolute Gasteiger partial charge is 0.325 e. The summed E-state index contributed by atoms with van der Waals surface area (Å²) in [7, 11) is 0. The van der Waals surface area contributed by atoms with Crippen molar-refractivity contribution in [2.24, 2.45) is 32.8 Å². The zero-order valence-corrected chi connectivity index (χ0v) is 14.9. The first-order valence-corrected chi connectivity index (χ1v) is 9.02. The molecular formula is C20H33N. The Hall–Kier alpha value is -0.300. The van der Waals surface area contributed by atoms with Gasteiger partial charge in [0.15, 0.2) is 0 Å². The second-order valence-electron chi connectivity index (χ2n) is 10.1. The third-order valence-electron chi connectivity index (χ3n) is 9.93. The molecule has 2 bridgehead atoms. The molecule has 1 nitrogen and oxygen atoms in total. The van der Waals surface area contributed by atoms with Crippen molar-refractivity contribution < 1.29 is 0 Å². The molecule has 3 saturated carbocycles. The normalized spacial score (nSPS) is 64.6. The minimum atomic E-state index is 0.00837. The topological polar surface area (TPSA) is 26.0 Å². The van der Waals surface area contributed by atoms with Crippen LogP contribution in [0, 0.1) is 27.1 Å². The highest BCUT2D eigenvalue weighted by molar-refractivity contribution is 5.48. The molecule has 0 radical (unpaired) electrons. The number of fused-ring (bicyclic) bond motifs is 1. The van der Waals surface area contributed by atoms with Gasteiger partial charge in [0.1, 0.15) is 0 Å². The Morgan fingerprint density at radius 3 is 2.24 bits per heavy atom. The van der Waals surface area contributed by atoms with Gasteiger partial charge in [0.2, 0.25) is 0 Å². The van der Waals surface area contributed by atoms with E-state index in [2.05, 4.69) is 47.6 Å². The predicted molar refractivity (Wildman–Crippen MR) is 88.9 cm³/mol. The molecular weight excluding hydrogens is 254 g/mol. The van der Waals surface area contributed by atoms with Gasteiger partial charge in [-0.25, -0.2) is 0 Å². The first-order valence-electron chi connectivity index (χ1n) is 9.02. The lowest BCUT2D eigenvalue weighted by Crippen LogP contribution is -2.55. The van der Waals surface area contributed by atoms with Crippen molar-refractivity contribution in [3.63, 3.8) is 0 Å². The van der Waals surface area contributed by atoms with Crippen LogP contribution in [0.5, 0.6) is 0 Å². The third-order valence-corrected chi connectivity index (χ3v) is 9.93. The number of hydrogen-bond donors (Lipinski definition) is 1. The highest BCUT2D eigenvalue weighted by atomic mass is 14.9. The van der Waals surface area contributed by atoms with Gasteiger partial charge in [0.05, 0.1) is 0 Å². The SMILES string of the molecule is CCC1(N)CC2(C)CCC3(C)C4=CCC1(C)C2(C)CC43C. The van der Waals surface area contributed by atoms with E-state index in [0.717, 1.165) is 6.42 Å². The summed E-state index contributed by atoms with van der Waals surface area (Å²) in [6.07, 6.45) is 10.3. The van der Waals surface area contributed by atoms with Crippen LogP contribution in [-0.4, -0.2) is 5.54 Å². The van der Waals surface area contributed by atoms with Gasteiger partial charge >= 0.3 is 0 Å². The predicted octanol–water partition coefficient (Wildman–Crippen LogP) is 5.06. The van der Waals surface area contributed by atoms with Crippen molar-refractivity contribution in [2.45, 2.75) is 85.6 Å². The molecule has 0 amide bonds. The van der Waals surface area contributed by atoms with E-state index in [1.165, 1.54) is 32.1 Å². The maximum atomic E-state index is 7.08. The minimum absolute atomic E-state index is 0.00837. The Bertz CT molecular complexity index is 564. The van der Waals surface area contributed by atoms with Crippen molar-refractivity contribution in [1.82, 2.24) is 0 Å². The molecule has 0 aromatic carbocycles. The summed E-state index contributed by atoms with van der Waals surface area (Å²) in [6.45, 7) is 15.1. The summed E-state index contributed by atoms with van der Waals surface area (Å²) in [4.78, 5) is 0. The van der Waals surface area contributed by atoms with Crippen LogP contribution < -0.4 is 5.73 Å². The van der Waals surface area contributed by atoms with Gasteiger partial charge in [-0.2, -0.15) is 0 Å². The van der Waals surface area contributed by atoms with Crippen LogP contribution in [0.1, 0.15) is 80.1 Å². The fourth-order valence-corrected chi connectivity index (χ4v) is 7.57. The van der Waals surface area contributed by atoms with Gasteiger partial charge in [-0.05, 0) is 65.6 Å². The molecule has 2 N–H and O–H groups in total. The van der Waals surface area contributed by atoms with E-state index in [9.17, 15) is 0 Å². The zero-order chi connectivity index (χ0) is 15.5. The summed E-state index contributed by atoms with van der Waals surface area (Å²) < 4.78 is 0. The average Bonchev–Trinajstić information content (AvgIpc) is 2.87. The number of nitrogens with two attached hydrogens (primary N) is 1. The monoisotopic (exact) mass is 287 g/mol. The van der Waals surface area contributed by atoms with E-state index < -0.39 is 0 Å². The third kappa shape index (κ3) is 1.14. The van der Waals surface area contributed by atoms with E-state index in [1.54, 1.807) is 5.57 Å². The maximum absolute atomic E-state index is 7.08. The lowest BCUT2D eigenvalue weighted by atomic mass is 9.52. The van der Waals surface area contributed by atoms with Crippen molar-refractivity contribution >= 4 is 0 Å². The zero-order valence-electron chi connectivity index (χ0n) is 14.9. The number of hydrogen-bond acceptors (Lipinski definition) is 1. The maximum Gasteiger partial charge on any atom is 0.0219 e. The fourth-order valence-electron chi connectivity index (χ4n) is 7.57. The summed E-state index contributed by atoms with van der Waals surface area (Å²) in [6, 6.07) is 0. The first kappa shape index (κ1) is 14.3. The Kier molecular flexibility index (Phi) is 2.25. The molecule has 6 atom stereocenters. The van der Waals surface area contributed by atoms with Crippen LogP contribution in [0.2, 0.25) is 0 Å². The van der Waals surface area contributed by atoms with Gasteiger partial charge in [-0.3, -0.25) is 0 Å². The standard InChI is InChI=1S/C20H33N/c1-7-20(21)12-15(2)10-11-16(3)14-8-9-18(20,5)19(15,6)13-17(14,16)4/h8H,7,9-13,21H2,1-6H3. The second kappa shape index (κ2) is 3.30. The molecule has 4 aliphatic rings. The van der Waals surface area contributed by atoms with Crippen molar-refractivity contribution in [1.29, 1.82) is 0 Å². The van der Waals surface area contributed by atoms with E-state index >= 15 is 0 Å². The van der Waals surface area contributed by atoms with E-state index in [-0.39, 0.29) is 11.0 Å². The van der Waals surface area contributed by atoms with Crippen molar-refractivity contribution in [3.8, 4) is 0 Å². The highest BCUT2D eigenvalue weighted by Crippen LogP contribution is 2.85. The molecule has 6 unspecified atom stereocenters. The van der Waals surface area contributed by atoms with Crippen LogP contribution in [-0.2, 0) is 0 Å². The van der Waals surface area contributed by atoms with Crippen LogP contribution in [0.3, 0.4) is 0 Å². The van der Waals surface area contributed by atoms with Gasteiger partial charge in [-0.15, -0.1) is 0 Å². The minimum Gasteiger partial charge on any atom is -0.325 e.